The fourth-order valence-electron chi connectivity index (χ4n) is 2.19. The minimum atomic E-state index is -0.923. The minimum absolute atomic E-state index is 0.0192. The molecule has 26 heavy (non-hydrogen) atoms. The van der Waals surface area contributed by atoms with Gasteiger partial charge in [-0.2, -0.15) is 0 Å². The molecule has 152 valence electrons. The first-order valence-corrected chi connectivity index (χ1v) is 9.69. The number of rotatable bonds is 16. The van der Waals surface area contributed by atoms with E-state index in [4.69, 9.17) is 15.3 Å². The number of hydrogen-bond donors (Lipinski definition) is 3. The predicted molar refractivity (Wildman–Crippen MR) is 105 cm³/mol. The standard InChI is InChI=1S/C15H29IN4O6/c1-17(3-4-18(2)9-13(21)22)5-6-19(10-14(23)24)7-8-20(12-16)11-15(25)26/h3-12H2,1-2H3,(H,21,22)(H,23,24)(H,25,26). The Hall–Kier alpha value is -1.02. The highest BCUT2D eigenvalue weighted by Crippen LogP contribution is 1.98. The van der Waals surface area contributed by atoms with E-state index in [9.17, 15) is 14.4 Å². The van der Waals surface area contributed by atoms with Crippen molar-refractivity contribution in [2.24, 2.45) is 0 Å². The van der Waals surface area contributed by atoms with Gasteiger partial charge in [0.1, 0.15) is 0 Å². The first-order valence-electron chi connectivity index (χ1n) is 8.17. The molecule has 0 aromatic heterocycles. The maximum Gasteiger partial charge on any atom is 0.317 e. The number of carboxylic acid groups (broad SMARTS) is 3. The van der Waals surface area contributed by atoms with Gasteiger partial charge in [0, 0.05) is 39.3 Å². The zero-order chi connectivity index (χ0) is 20.1. The van der Waals surface area contributed by atoms with Gasteiger partial charge in [0.05, 0.1) is 24.2 Å². The molecule has 0 radical (unpaired) electrons. The second-order valence-corrected chi connectivity index (χ2v) is 6.85. The van der Waals surface area contributed by atoms with Crippen molar-refractivity contribution < 1.29 is 29.7 Å². The summed E-state index contributed by atoms with van der Waals surface area (Å²) in [6.07, 6.45) is 0. The summed E-state index contributed by atoms with van der Waals surface area (Å²) in [5, 5.41) is 26.6. The summed E-state index contributed by atoms with van der Waals surface area (Å²) < 4.78 is 0.556. The van der Waals surface area contributed by atoms with Crippen LogP contribution in [0.4, 0.5) is 0 Å². The predicted octanol–water partition coefficient (Wildman–Crippen LogP) is -0.900. The van der Waals surface area contributed by atoms with E-state index in [2.05, 4.69) is 22.6 Å². The third-order valence-electron chi connectivity index (χ3n) is 3.69. The molecular formula is C15H29IN4O6. The number of aliphatic carboxylic acids is 3. The lowest BCUT2D eigenvalue weighted by Crippen LogP contribution is -2.43. The van der Waals surface area contributed by atoms with Crippen LogP contribution in [0, 0.1) is 0 Å². The summed E-state index contributed by atoms with van der Waals surface area (Å²) in [5.74, 6) is -2.70. The quantitative estimate of drug-likeness (QED) is 0.143. The van der Waals surface area contributed by atoms with Crippen LogP contribution in [0.15, 0.2) is 0 Å². The maximum absolute atomic E-state index is 11.0. The van der Waals surface area contributed by atoms with E-state index in [-0.39, 0.29) is 19.6 Å². The van der Waals surface area contributed by atoms with Crippen molar-refractivity contribution >= 4 is 40.5 Å². The van der Waals surface area contributed by atoms with E-state index < -0.39 is 17.9 Å². The number of hydrogen-bond acceptors (Lipinski definition) is 7. The smallest absolute Gasteiger partial charge is 0.317 e. The molecule has 0 rings (SSSR count). The summed E-state index contributed by atoms with van der Waals surface area (Å²) in [6.45, 7) is 3.20. The third-order valence-corrected chi connectivity index (χ3v) is 4.65. The molecule has 0 amide bonds. The second-order valence-electron chi connectivity index (χ2n) is 6.17. The van der Waals surface area contributed by atoms with E-state index in [0.717, 1.165) is 0 Å². The first kappa shape index (κ1) is 25.0. The van der Waals surface area contributed by atoms with Gasteiger partial charge in [-0.3, -0.25) is 29.1 Å². The molecule has 11 heteroatoms. The van der Waals surface area contributed by atoms with Crippen molar-refractivity contribution in [3.63, 3.8) is 0 Å². The lowest BCUT2D eigenvalue weighted by Gasteiger charge is -2.27. The summed E-state index contributed by atoms with van der Waals surface area (Å²) in [5.41, 5.74) is 0. The Balaban J connectivity index is 4.32. The fraction of sp³-hybridized carbons (Fsp3) is 0.800. The Kier molecular flexibility index (Phi) is 13.5. The molecule has 0 heterocycles. The zero-order valence-electron chi connectivity index (χ0n) is 15.3. The van der Waals surface area contributed by atoms with Gasteiger partial charge in [-0.25, -0.2) is 0 Å². The van der Waals surface area contributed by atoms with Gasteiger partial charge in [-0.1, -0.05) is 22.6 Å². The molecule has 0 aliphatic carbocycles. The van der Waals surface area contributed by atoms with Crippen molar-refractivity contribution in [2.75, 3.05) is 77.5 Å². The molecule has 0 aliphatic heterocycles. The highest BCUT2D eigenvalue weighted by Gasteiger charge is 2.14. The normalized spacial score (nSPS) is 11.7. The molecule has 0 fully saturated rings. The Morgan fingerprint density at radius 2 is 1.04 bits per heavy atom. The number of carboxylic acids is 3. The highest BCUT2D eigenvalue weighted by molar-refractivity contribution is 14.1. The van der Waals surface area contributed by atoms with E-state index in [1.807, 2.05) is 11.9 Å². The molecule has 0 saturated heterocycles. The van der Waals surface area contributed by atoms with Crippen molar-refractivity contribution in [1.82, 2.24) is 19.6 Å². The van der Waals surface area contributed by atoms with Gasteiger partial charge in [-0.15, -0.1) is 0 Å². The Bertz CT molecular complexity index is 454. The van der Waals surface area contributed by atoms with Crippen LogP contribution in [0.3, 0.4) is 0 Å². The maximum atomic E-state index is 11.0. The summed E-state index contributed by atoms with van der Waals surface area (Å²) >= 11 is 2.09. The Morgan fingerprint density at radius 1 is 0.654 bits per heavy atom. The molecule has 0 aromatic rings. The average Bonchev–Trinajstić information content (AvgIpc) is 2.52. The SMILES string of the molecule is CN(CCN(C)CC(=O)O)CCN(CCN(CI)CC(=O)O)CC(=O)O. The van der Waals surface area contributed by atoms with Crippen molar-refractivity contribution in [3.8, 4) is 0 Å². The minimum Gasteiger partial charge on any atom is -0.480 e. The third kappa shape index (κ3) is 14.2. The molecule has 0 aromatic carbocycles. The lowest BCUT2D eigenvalue weighted by atomic mass is 10.4. The monoisotopic (exact) mass is 488 g/mol. The van der Waals surface area contributed by atoms with Crippen LogP contribution in [-0.4, -0.2) is 130 Å². The summed E-state index contributed by atoms with van der Waals surface area (Å²) in [6, 6.07) is 0. The molecule has 0 unspecified atom stereocenters. The zero-order valence-corrected chi connectivity index (χ0v) is 17.5. The van der Waals surface area contributed by atoms with Gasteiger partial charge < -0.3 is 20.2 Å². The highest BCUT2D eigenvalue weighted by atomic mass is 127. The van der Waals surface area contributed by atoms with Crippen molar-refractivity contribution in [2.45, 2.75) is 0 Å². The van der Waals surface area contributed by atoms with Crippen LogP contribution in [0.1, 0.15) is 0 Å². The second kappa shape index (κ2) is 14.1. The van der Waals surface area contributed by atoms with Gasteiger partial charge in [0.15, 0.2) is 0 Å². The molecule has 0 saturated carbocycles. The van der Waals surface area contributed by atoms with E-state index >= 15 is 0 Å². The molecule has 3 N–H and O–H groups in total. The molecule has 0 atom stereocenters. The van der Waals surface area contributed by atoms with Crippen LogP contribution in [-0.2, 0) is 14.4 Å². The summed E-state index contributed by atoms with van der Waals surface area (Å²) in [4.78, 5) is 39.7. The number of carbonyl (C=O) groups is 3. The first-order chi connectivity index (χ1) is 12.1. The topological polar surface area (TPSA) is 125 Å². The molecule has 0 bridgehead atoms. The largest absolute Gasteiger partial charge is 0.480 e. The van der Waals surface area contributed by atoms with Gasteiger partial charge >= 0.3 is 17.9 Å². The van der Waals surface area contributed by atoms with Crippen LogP contribution in [0.2, 0.25) is 0 Å². The van der Waals surface area contributed by atoms with Crippen molar-refractivity contribution in [1.29, 1.82) is 0 Å². The number of nitrogens with zero attached hydrogens (tertiary/aromatic N) is 4. The molecule has 0 aliphatic rings. The number of halogens is 1. The Morgan fingerprint density at radius 3 is 1.54 bits per heavy atom. The molecular weight excluding hydrogens is 459 g/mol. The van der Waals surface area contributed by atoms with E-state index in [0.29, 0.717) is 43.8 Å². The number of alkyl halides is 1. The van der Waals surface area contributed by atoms with Crippen LogP contribution >= 0.6 is 22.6 Å². The van der Waals surface area contributed by atoms with Gasteiger partial charge in [-0.05, 0) is 14.1 Å². The van der Waals surface area contributed by atoms with Crippen LogP contribution < -0.4 is 0 Å². The van der Waals surface area contributed by atoms with Gasteiger partial charge in [0.2, 0.25) is 0 Å². The van der Waals surface area contributed by atoms with E-state index in [1.165, 1.54) is 0 Å². The number of likely N-dealkylation sites (N-methyl/N-ethyl adjacent to an activating group) is 2. The fourth-order valence-corrected chi connectivity index (χ4v) is 2.77. The molecule has 0 spiro atoms. The van der Waals surface area contributed by atoms with Gasteiger partial charge in [0.25, 0.3) is 0 Å². The molecule has 10 nitrogen and oxygen atoms in total. The van der Waals surface area contributed by atoms with Crippen LogP contribution in [0.25, 0.3) is 0 Å². The van der Waals surface area contributed by atoms with Crippen molar-refractivity contribution in [3.05, 3.63) is 0 Å². The van der Waals surface area contributed by atoms with Crippen LogP contribution in [0.5, 0.6) is 0 Å². The summed E-state index contributed by atoms with van der Waals surface area (Å²) in [7, 11) is 3.63. The Labute approximate surface area is 167 Å². The average molecular weight is 488 g/mol. The van der Waals surface area contributed by atoms with E-state index in [1.54, 1.807) is 21.7 Å². The lowest BCUT2D eigenvalue weighted by molar-refractivity contribution is -0.140.